The summed E-state index contributed by atoms with van der Waals surface area (Å²) in [5, 5.41) is 4.32. The molecule has 7 nitrogen and oxygen atoms in total. The van der Waals surface area contributed by atoms with E-state index >= 15 is 0 Å². The minimum absolute atomic E-state index is 0.0104. The molecule has 0 bridgehead atoms. The number of amides is 1. The van der Waals surface area contributed by atoms with E-state index in [1.54, 1.807) is 11.1 Å². The number of hydrogen-bond acceptors (Lipinski definition) is 4. The Morgan fingerprint density at radius 2 is 1.92 bits per heavy atom. The van der Waals surface area contributed by atoms with E-state index in [4.69, 9.17) is 0 Å². The molecule has 0 spiro atoms. The lowest BCUT2D eigenvalue weighted by Gasteiger charge is -2.34. The second-order valence-electron chi connectivity index (χ2n) is 6.55. The second-order valence-corrected chi connectivity index (χ2v) is 8.63. The number of piperazine rings is 1. The standard InChI is InChI=1S/C16H26N4O3S/c1-2-3-12-24(22,23)19-10-8-18(9-11-19)16(21)14-13-17-20-7-5-4-6-15(14)20/h13H,2-12H2,1H3. The van der Waals surface area contributed by atoms with Gasteiger partial charge in [0.15, 0.2) is 0 Å². The quantitative estimate of drug-likeness (QED) is 0.794. The van der Waals surface area contributed by atoms with Crippen LogP contribution < -0.4 is 0 Å². The highest BCUT2D eigenvalue weighted by Gasteiger charge is 2.30. The van der Waals surface area contributed by atoms with Crippen LogP contribution in [0.25, 0.3) is 0 Å². The monoisotopic (exact) mass is 354 g/mol. The number of carbonyl (C=O) groups is 1. The number of sulfonamides is 1. The van der Waals surface area contributed by atoms with Gasteiger partial charge in [-0.15, -0.1) is 0 Å². The Labute approximate surface area is 143 Å². The zero-order valence-corrected chi connectivity index (χ0v) is 15.1. The first-order valence-electron chi connectivity index (χ1n) is 8.84. The number of aryl methyl sites for hydroxylation is 1. The van der Waals surface area contributed by atoms with Crippen molar-refractivity contribution in [3.05, 3.63) is 17.5 Å². The van der Waals surface area contributed by atoms with Gasteiger partial charge >= 0.3 is 0 Å². The van der Waals surface area contributed by atoms with E-state index in [1.165, 1.54) is 4.31 Å². The molecule has 1 aromatic heterocycles. The summed E-state index contributed by atoms with van der Waals surface area (Å²) in [5.41, 5.74) is 1.72. The van der Waals surface area contributed by atoms with Crippen molar-refractivity contribution >= 4 is 15.9 Å². The fraction of sp³-hybridized carbons (Fsp3) is 0.750. The molecule has 0 aromatic carbocycles. The Kier molecular flexibility index (Phi) is 5.24. The third-order valence-corrected chi connectivity index (χ3v) is 6.84. The number of carbonyl (C=O) groups excluding carboxylic acids is 1. The molecule has 1 amide bonds. The first-order valence-corrected chi connectivity index (χ1v) is 10.5. The topological polar surface area (TPSA) is 75.5 Å². The molecule has 2 aliphatic heterocycles. The van der Waals surface area contributed by atoms with E-state index in [9.17, 15) is 13.2 Å². The maximum absolute atomic E-state index is 12.8. The van der Waals surface area contributed by atoms with Crippen molar-refractivity contribution in [2.24, 2.45) is 0 Å². The fourth-order valence-corrected chi connectivity index (χ4v) is 5.03. The highest BCUT2D eigenvalue weighted by Crippen LogP contribution is 2.20. The molecule has 0 aliphatic carbocycles. The normalized spacial score (nSPS) is 19.3. The molecular formula is C16H26N4O3S. The van der Waals surface area contributed by atoms with Crippen LogP contribution in [0.4, 0.5) is 0 Å². The summed E-state index contributed by atoms with van der Waals surface area (Å²) >= 11 is 0. The molecule has 0 unspecified atom stereocenters. The summed E-state index contributed by atoms with van der Waals surface area (Å²) in [4.78, 5) is 14.5. The van der Waals surface area contributed by atoms with Crippen molar-refractivity contribution in [1.29, 1.82) is 0 Å². The van der Waals surface area contributed by atoms with Gasteiger partial charge in [-0.2, -0.15) is 9.40 Å². The van der Waals surface area contributed by atoms with E-state index in [0.29, 0.717) is 38.2 Å². The van der Waals surface area contributed by atoms with Gasteiger partial charge in [-0.1, -0.05) is 13.3 Å². The van der Waals surface area contributed by atoms with Gasteiger partial charge in [0, 0.05) is 32.7 Å². The molecule has 0 radical (unpaired) electrons. The number of aromatic nitrogens is 2. The van der Waals surface area contributed by atoms with Crippen molar-refractivity contribution in [3.8, 4) is 0 Å². The molecule has 3 rings (SSSR count). The van der Waals surface area contributed by atoms with Crippen LogP contribution in [0.1, 0.15) is 48.7 Å². The zero-order chi connectivity index (χ0) is 17.2. The van der Waals surface area contributed by atoms with Gasteiger partial charge in [0.2, 0.25) is 10.0 Å². The second kappa shape index (κ2) is 7.23. The SMILES string of the molecule is CCCCS(=O)(=O)N1CCN(C(=O)c2cnn3c2CCCC3)CC1. The smallest absolute Gasteiger partial charge is 0.257 e. The average Bonchev–Trinajstić information content (AvgIpc) is 3.03. The number of nitrogens with zero attached hydrogens (tertiary/aromatic N) is 4. The average molecular weight is 354 g/mol. The molecule has 0 atom stereocenters. The van der Waals surface area contributed by atoms with Crippen LogP contribution in [0.5, 0.6) is 0 Å². The van der Waals surface area contributed by atoms with Crippen molar-refractivity contribution in [2.45, 2.75) is 45.6 Å². The van der Waals surface area contributed by atoms with Gasteiger partial charge in [0.05, 0.1) is 23.2 Å². The molecule has 1 fully saturated rings. The molecule has 1 aromatic rings. The summed E-state index contributed by atoms with van der Waals surface area (Å²) < 4.78 is 28.0. The highest BCUT2D eigenvalue weighted by atomic mass is 32.2. The fourth-order valence-electron chi connectivity index (χ4n) is 3.40. The Hall–Kier alpha value is -1.41. The van der Waals surface area contributed by atoms with E-state index in [1.807, 2.05) is 11.6 Å². The number of hydrogen-bond donors (Lipinski definition) is 0. The Balaban J connectivity index is 1.62. The Morgan fingerprint density at radius 3 is 2.62 bits per heavy atom. The summed E-state index contributed by atoms with van der Waals surface area (Å²) in [6.07, 6.45) is 6.32. The van der Waals surface area contributed by atoms with Crippen molar-refractivity contribution in [2.75, 3.05) is 31.9 Å². The molecule has 8 heteroatoms. The van der Waals surface area contributed by atoms with Gasteiger partial charge in [-0.25, -0.2) is 8.42 Å². The molecule has 0 N–H and O–H groups in total. The van der Waals surface area contributed by atoms with Crippen LogP contribution in [-0.2, 0) is 23.0 Å². The third kappa shape index (κ3) is 3.49. The van der Waals surface area contributed by atoms with Crippen LogP contribution in [0.15, 0.2) is 6.20 Å². The lowest BCUT2D eigenvalue weighted by molar-refractivity contribution is 0.0696. The van der Waals surface area contributed by atoms with Crippen LogP contribution >= 0.6 is 0 Å². The largest absolute Gasteiger partial charge is 0.336 e. The van der Waals surface area contributed by atoms with E-state index < -0.39 is 10.0 Å². The predicted molar refractivity (Wildman–Crippen MR) is 91.3 cm³/mol. The zero-order valence-electron chi connectivity index (χ0n) is 14.3. The minimum atomic E-state index is -3.18. The highest BCUT2D eigenvalue weighted by molar-refractivity contribution is 7.89. The molecule has 24 heavy (non-hydrogen) atoms. The van der Waals surface area contributed by atoms with Gasteiger partial charge in [0.1, 0.15) is 0 Å². The van der Waals surface area contributed by atoms with Crippen LogP contribution in [-0.4, -0.2) is 65.2 Å². The third-order valence-electron chi connectivity index (χ3n) is 4.89. The maximum Gasteiger partial charge on any atom is 0.257 e. The Morgan fingerprint density at radius 1 is 1.17 bits per heavy atom. The molecule has 134 valence electrons. The molecule has 0 saturated carbocycles. The first kappa shape index (κ1) is 17.4. The maximum atomic E-state index is 12.8. The molecule has 1 saturated heterocycles. The summed E-state index contributed by atoms with van der Waals surface area (Å²) in [7, 11) is -3.18. The van der Waals surface area contributed by atoms with Gasteiger partial charge in [-0.3, -0.25) is 9.48 Å². The lowest BCUT2D eigenvalue weighted by atomic mass is 10.1. The molecule has 2 aliphatic rings. The van der Waals surface area contributed by atoms with Gasteiger partial charge < -0.3 is 4.90 Å². The van der Waals surface area contributed by atoms with Crippen LogP contribution in [0, 0.1) is 0 Å². The number of rotatable bonds is 5. The number of unbranched alkanes of at least 4 members (excludes halogenated alkanes) is 1. The van der Waals surface area contributed by atoms with Crippen LogP contribution in [0.3, 0.4) is 0 Å². The summed E-state index contributed by atoms with van der Waals surface area (Å²) in [6, 6.07) is 0. The minimum Gasteiger partial charge on any atom is -0.336 e. The predicted octanol–water partition coefficient (Wildman–Crippen LogP) is 1.11. The van der Waals surface area contributed by atoms with Gasteiger partial charge in [0.25, 0.3) is 5.91 Å². The van der Waals surface area contributed by atoms with Crippen molar-refractivity contribution in [1.82, 2.24) is 19.0 Å². The van der Waals surface area contributed by atoms with E-state index in [2.05, 4.69) is 5.10 Å². The van der Waals surface area contributed by atoms with Gasteiger partial charge in [-0.05, 0) is 25.7 Å². The summed E-state index contributed by atoms with van der Waals surface area (Å²) in [6.45, 7) is 4.55. The van der Waals surface area contributed by atoms with E-state index in [-0.39, 0.29) is 11.7 Å². The van der Waals surface area contributed by atoms with E-state index in [0.717, 1.165) is 37.9 Å². The Bertz CT molecular complexity index is 690. The molecular weight excluding hydrogens is 328 g/mol. The molecule has 3 heterocycles. The summed E-state index contributed by atoms with van der Waals surface area (Å²) in [5.74, 6) is 0.192. The van der Waals surface area contributed by atoms with Crippen LogP contribution in [0.2, 0.25) is 0 Å². The number of fused-ring (bicyclic) bond motifs is 1. The first-order chi connectivity index (χ1) is 11.5. The van der Waals surface area contributed by atoms with Crippen molar-refractivity contribution in [3.63, 3.8) is 0 Å². The lowest BCUT2D eigenvalue weighted by Crippen LogP contribution is -2.51. The van der Waals surface area contributed by atoms with Crippen molar-refractivity contribution < 1.29 is 13.2 Å².